The maximum absolute atomic E-state index is 12.4. The van der Waals surface area contributed by atoms with Crippen LogP contribution < -0.4 is 10.0 Å². The summed E-state index contributed by atoms with van der Waals surface area (Å²) in [6.07, 6.45) is 0.748. The average Bonchev–Trinajstić information content (AvgIpc) is 2.61. The van der Waals surface area contributed by atoms with Crippen LogP contribution in [0, 0.1) is 13.8 Å². The summed E-state index contributed by atoms with van der Waals surface area (Å²) in [7, 11) is -3.53. The van der Waals surface area contributed by atoms with Crippen molar-refractivity contribution >= 4 is 10.0 Å². The van der Waals surface area contributed by atoms with E-state index in [-0.39, 0.29) is 10.9 Å². The summed E-state index contributed by atoms with van der Waals surface area (Å²) in [5.41, 5.74) is 0.718. The van der Waals surface area contributed by atoms with Gasteiger partial charge < -0.3 is 9.73 Å². The van der Waals surface area contributed by atoms with Gasteiger partial charge in [-0.15, -0.1) is 0 Å². The molecule has 0 aliphatic heterocycles. The van der Waals surface area contributed by atoms with E-state index in [4.69, 9.17) is 4.42 Å². The molecule has 6 heteroatoms. The van der Waals surface area contributed by atoms with Crippen molar-refractivity contribution in [3.05, 3.63) is 17.1 Å². The van der Waals surface area contributed by atoms with Gasteiger partial charge in [0.15, 0.2) is 0 Å². The first-order chi connectivity index (χ1) is 8.83. The van der Waals surface area contributed by atoms with E-state index in [1.807, 2.05) is 20.8 Å². The van der Waals surface area contributed by atoms with E-state index in [1.54, 1.807) is 13.8 Å². The van der Waals surface area contributed by atoms with Crippen LogP contribution in [0.4, 0.5) is 0 Å². The Kier molecular flexibility index (Phi) is 5.58. The summed E-state index contributed by atoms with van der Waals surface area (Å²) in [4.78, 5) is 0.284. The van der Waals surface area contributed by atoms with Crippen LogP contribution in [-0.2, 0) is 16.6 Å². The summed E-state index contributed by atoms with van der Waals surface area (Å²) < 4.78 is 33.0. The van der Waals surface area contributed by atoms with Gasteiger partial charge in [0.25, 0.3) is 0 Å². The summed E-state index contributed by atoms with van der Waals surface area (Å²) >= 11 is 0. The van der Waals surface area contributed by atoms with E-state index < -0.39 is 10.0 Å². The first-order valence-electron chi connectivity index (χ1n) is 6.65. The zero-order chi connectivity index (χ0) is 14.6. The number of rotatable bonds is 7. The topological polar surface area (TPSA) is 71.3 Å². The molecule has 0 aliphatic carbocycles. The molecular weight excluding hydrogens is 264 g/mol. The van der Waals surface area contributed by atoms with Crippen LogP contribution in [0.1, 0.15) is 44.3 Å². The summed E-state index contributed by atoms with van der Waals surface area (Å²) in [6.45, 7) is 10.5. The van der Waals surface area contributed by atoms with Crippen LogP contribution in [0.25, 0.3) is 0 Å². The minimum absolute atomic E-state index is 0.0911. The lowest BCUT2D eigenvalue weighted by atomic mass is 10.2. The standard InChI is InChI=1S/C13H24N2O3S/c1-6-9(3)15-19(16,17)13-11(5)18-10(4)12(13)8-14-7-2/h9,14-15H,6-8H2,1-5H3. The molecule has 1 unspecified atom stereocenters. The maximum atomic E-state index is 12.4. The normalized spacial score (nSPS) is 13.7. The van der Waals surface area contributed by atoms with Crippen molar-refractivity contribution in [1.82, 2.24) is 10.0 Å². The number of hydrogen-bond donors (Lipinski definition) is 2. The lowest BCUT2D eigenvalue weighted by molar-refractivity contribution is 0.492. The predicted molar refractivity (Wildman–Crippen MR) is 75.6 cm³/mol. The van der Waals surface area contributed by atoms with Crippen LogP contribution in [-0.4, -0.2) is 21.0 Å². The quantitative estimate of drug-likeness (QED) is 0.806. The van der Waals surface area contributed by atoms with Gasteiger partial charge in [-0.3, -0.25) is 0 Å². The van der Waals surface area contributed by atoms with Gasteiger partial charge in [0.1, 0.15) is 16.4 Å². The van der Waals surface area contributed by atoms with Crippen LogP contribution >= 0.6 is 0 Å². The molecule has 19 heavy (non-hydrogen) atoms. The fraction of sp³-hybridized carbons (Fsp3) is 0.692. The molecule has 1 aromatic rings. The maximum Gasteiger partial charge on any atom is 0.244 e. The lowest BCUT2D eigenvalue weighted by Crippen LogP contribution is -2.33. The van der Waals surface area contributed by atoms with Crippen molar-refractivity contribution in [2.24, 2.45) is 0 Å². The van der Waals surface area contributed by atoms with Crippen molar-refractivity contribution < 1.29 is 12.8 Å². The fourth-order valence-corrected chi connectivity index (χ4v) is 3.70. The zero-order valence-corrected chi connectivity index (χ0v) is 13.1. The van der Waals surface area contributed by atoms with E-state index in [9.17, 15) is 8.42 Å². The van der Waals surface area contributed by atoms with Gasteiger partial charge in [-0.05, 0) is 33.7 Å². The van der Waals surface area contributed by atoms with Gasteiger partial charge in [0.05, 0.1) is 0 Å². The van der Waals surface area contributed by atoms with Gasteiger partial charge >= 0.3 is 0 Å². The van der Waals surface area contributed by atoms with Crippen molar-refractivity contribution in [3.8, 4) is 0 Å². The molecule has 0 radical (unpaired) electrons. The Bertz CT molecular complexity index is 520. The summed E-state index contributed by atoms with van der Waals surface area (Å²) in [5.74, 6) is 1.10. The van der Waals surface area contributed by atoms with E-state index in [0.717, 1.165) is 18.5 Å². The highest BCUT2D eigenvalue weighted by molar-refractivity contribution is 7.89. The lowest BCUT2D eigenvalue weighted by Gasteiger charge is -2.13. The third-order valence-electron chi connectivity index (χ3n) is 3.11. The van der Waals surface area contributed by atoms with E-state index >= 15 is 0 Å². The van der Waals surface area contributed by atoms with Gasteiger partial charge in [0, 0.05) is 18.2 Å². The van der Waals surface area contributed by atoms with Crippen molar-refractivity contribution in [3.63, 3.8) is 0 Å². The largest absolute Gasteiger partial charge is 0.465 e. The summed E-state index contributed by atoms with van der Waals surface area (Å²) in [6, 6.07) is -0.0911. The Morgan fingerprint density at radius 3 is 2.37 bits per heavy atom. The highest BCUT2D eigenvalue weighted by Crippen LogP contribution is 2.26. The number of aryl methyl sites for hydroxylation is 2. The molecule has 0 fully saturated rings. The van der Waals surface area contributed by atoms with Crippen molar-refractivity contribution in [1.29, 1.82) is 0 Å². The molecule has 0 saturated heterocycles. The van der Waals surface area contributed by atoms with Crippen molar-refractivity contribution in [2.75, 3.05) is 6.54 Å². The molecular formula is C13H24N2O3S. The third-order valence-corrected chi connectivity index (χ3v) is 4.90. The molecule has 110 valence electrons. The molecule has 0 spiro atoms. The SMILES string of the molecule is CCNCc1c(C)oc(C)c1S(=O)(=O)NC(C)CC. The second-order valence-corrected chi connectivity index (χ2v) is 6.38. The third kappa shape index (κ3) is 3.81. The molecule has 0 bridgehead atoms. The predicted octanol–water partition coefficient (Wildman–Crippen LogP) is 2.08. The number of hydrogen-bond acceptors (Lipinski definition) is 4. The first-order valence-corrected chi connectivity index (χ1v) is 8.13. The highest BCUT2D eigenvalue weighted by atomic mass is 32.2. The Balaban J connectivity index is 3.17. The Morgan fingerprint density at radius 1 is 1.21 bits per heavy atom. The van der Waals surface area contributed by atoms with E-state index in [0.29, 0.717) is 18.1 Å². The zero-order valence-electron chi connectivity index (χ0n) is 12.3. The second kappa shape index (κ2) is 6.54. The smallest absolute Gasteiger partial charge is 0.244 e. The number of furan rings is 1. The average molecular weight is 288 g/mol. The van der Waals surface area contributed by atoms with Crippen LogP contribution in [0.5, 0.6) is 0 Å². The molecule has 1 atom stereocenters. The second-order valence-electron chi connectivity index (χ2n) is 4.73. The molecule has 1 heterocycles. The van der Waals surface area contributed by atoms with Crippen LogP contribution in [0.3, 0.4) is 0 Å². The van der Waals surface area contributed by atoms with E-state index in [2.05, 4.69) is 10.0 Å². The van der Waals surface area contributed by atoms with Gasteiger partial charge in [-0.25, -0.2) is 13.1 Å². The molecule has 0 amide bonds. The van der Waals surface area contributed by atoms with Crippen LogP contribution in [0.15, 0.2) is 9.31 Å². The van der Waals surface area contributed by atoms with Crippen LogP contribution in [0.2, 0.25) is 0 Å². The van der Waals surface area contributed by atoms with Gasteiger partial charge in [0.2, 0.25) is 10.0 Å². The molecule has 2 N–H and O–H groups in total. The molecule has 0 aliphatic rings. The Labute approximate surface area is 115 Å². The van der Waals surface area contributed by atoms with E-state index in [1.165, 1.54) is 0 Å². The molecule has 1 aromatic heterocycles. The van der Waals surface area contributed by atoms with Gasteiger partial charge in [-0.2, -0.15) is 0 Å². The fourth-order valence-electron chi connectivity index (χ4n) is 1.92. The molecule has 0 saturated carbocycles. The highest BCUT2D eigenvalue weighted by Gasteiger charge is 2.27. The monoisotopic (exact) mass is 288 g/mol. The minimum Gasteiger partial charge on any atom is -0.465 e. The van der Waals surface area contributed by atoms with Gasteiger partial charge in [-0.1, -0.05) is 13.8 Å². The number of nitrogens with one attached hydrogen (secondary N) is 2. The molecule has 1 rings (SSSR count). The molecule has 0 aromatic carbocycles. The van der Waals surface area contributed by atoms with Crippen molar-refractivity contribution in [2.45, 2.75) is 58.5 Å². The molecule has 5 nitrogen and oxygen atoms in total. The summed E-state index contributed by atoms with van der Waals surface area (Å²) in [5, 5.41) is 3.15. The Hall–Kier alpha value is -0.850. The Morgan fingerprint density at radius 2 is 1.84 bits per heavy atom. The first kappa shape index (κ1) is 16.2. The minimum atomic E-state index is -3.53. The number of sulfonamides is 1.